The smallest absolute Gasteiger partial charge is 0.0379 e. The number of rotatable bonds is 8. The molecule has 0 aliphatic carbocycles. The Hall–Kier alpha value is -0.850. The van der Waals surface area contributed by atoms with Gasteiger partial charge in [-0.3, -0.25) is 0 Å². The molecule has 0 saturated heterocycles. The maximum atomic E-state index is 8.46. The lowest BCUT2D eigenvalue weighted by Crippen LogP contribution is -2.20. The van der Waals surface area contributed by atoms with E-state index in [1.54, 1.807) is 0 Å². The van der Waals surface area contributed by atoms with Gasteiger partial charge in [-0.05, 0) is 37.7 Å². The quantitative estimate of drug-likeness (QED) is 0.417. The monoisotopic (exact) mass is 249 g/mol. The van der Waals surface area contributed by atoms with Crippen molar-refractivity contribution in [2.24, 2.45) is 11.8 Å². The molecule has 0 heterocycles. The molecule has 0 aliphatic heterocycles. The highest BCUT2D eigenvalue weighted by atomic mass is 14.5. The second-order valence-electron chi connectivity index (χ2n) is 5.28. The third-order valence-corrected chi connectivity index (χ3v) is 4.05. The van der Waals surface area contributed by atoms with Crippen LogP contribution in [0.5, 0.6) is 0 Å². The summed E-state index contributed by atoms with van der Waals surface area (Å²) in [6, 6.07) is 0. The van der Waals surface area contributed by atoms with Gasteiger partial charge >= 0.3 is 0 Å². The summed E-state index contributed by atoms with van der Waals surface area (Å²) in [4.78, 5) is 0. The van der Waals surface area contributed by atoms with E-state index >= 15 is 0 Å². The van der Waals surface area contributed by atoms with Gasteiger partial charge in [-0.2, -0.15) is 0 Å². The number of nitrogens with one attached hydrogen (secondary N) is 1. The molecule has 0 rings (SSSR count). The Morgan fingerprint density at radius 1 is 1.11 bits per heavy atom. The van der Waals surface area contributed by atoms with Crippen LogP contribution in [0.1, 0.15) is 67.2 Å². The zero-order chi connectivity index (χ0) is 14.1. The molecule has 0 saturated carbocycles. The summed E-state index contributed by atoms with van der Waals surface area (Å²) < 4.78 is 0. The molecule has 0 aromatic carbocycles. The Bertz CT molecular complexity index is 310. The molecule has 1 heteroatoms. The molecule has 1 nitrogen and oxygen atoms in total. The predicted molar refractivity (Wildman–Crippen MR) is 83.4 cm³/mol. The van der Waals surface area contributed by atoms with Gasteiger partial charge in [-0.15, -0.1) is 0 Å². The van der Waals surface area contributed by atoms with E-state index < -0.39 is 0 Å². The molecule has 104 valence electrons. The number of allylic oxidation sites excluding steroid dienone is 4. The number of hydrogen-bond acceptors (Lipinski definition) is 1. The SMILES string of the molecule is CCC=CC/C(C(=N)C(C)C(C)CC)=C(/C)CC. The van der Waals surface area contributed by atoms with Crippen LogP contribution in [0.2, 0.25) is 0 Å². The second kappa shape index (κ2) is 9.13. The maximum absolute atomic E-state index is 8.46. The molecular formula is C17H31N. The van der Waals surface area contributed by atoms with Gasteiger partial charge in [0.25, 0.3) is 0 Å². The van der Waals surface area contributed by atoms with Crippen LogP contribution in [0.3, 0.4) is 0 Å². The Balaban J connectivity index is 4.98. The molecular weight excluding hydrogens is 218 g/mol. The van der Waals surface area contributed by atoms with E-state index in [0.717, 1.165) is 31.4 Å². The van der Waals surface area contributed by atoms with Crippen LogP contribution in [0, 0.1) is 17.2 Å². The Morgan fingerprint density at radius 2 is 1.72 bits per heavy atom. The van der Waals surface area contributed by atoms with Crippen molar-refractivity contribution in [3.8, 4) is 0 Å². The topological polar surface area (TPSA) is 23.9 Å². The minimum absolute atomic E-state index is 0.363. The third kappa shape index (κ3) is 5.20. The molecule has 0 spiro atoms. The molecule has 18 heavy (non-hydrogen) atoms. The first-order chi connectivity index (χ1) is 8.49. The van der Waals surface area contributed by atoms with Gasteiger partial charge < -0.3 is 5.41 Å². The predicted octanol–water partition coefficient (Wildman–Crippen LogP) is 5.77. The van der Waals surface area contributed by atoms with Crippen molar-refractivity contribution in [1.29, 1.82) is 5.41 Å². The van der Waals surface area contributed by atoms with E-state index in [1.807, 2.05) is 0 Å². The highest BCUT2D eigenvalue weighted by Crippen LogP contribution is 2.24. The fraction of sp³-hybridized carbons (Fsp3) is 0.706. The normalized spacial score (nSPS) is 16.6. The summed E-state index contributed by atoms with van der Waals surface area (Å²) in [6.07, 6.45) is 8.61. The van der Waals surface area contributed by atoms with Crippen molar-refractivity contribution in [1.82, 2.24) is 0 Å². The van der Waals surface area contributed by atoms with Crippen molar-refractivity contribution in [3.05, 3.63) is 23.3 Å². The van der Waals surface area contributed by atoms with Crippen molar-refractivity contribution in [2.75, 3.05) is 0 Å². The number of hydrogen-bond donors (Lipinski definition) is 1. The minimum Gasteiger partial charge on any atom is -0.305 e. The lowest BCUT2D eigenvalue weighted by atomic mass is 9.83. The minimum atomic E-state index is 0.363. The summed E-state index contributed by atoms with van der Waals surface area (Å²) in [5.41, 5.74) is 3.48. The van der Waals surface area contributed by atoms with Crippen LogP contribution in [0.25, 0.3) is 0 Å². The highest BCUT2D eigenvalue weighted by molar-refractivity contribution is 6.00. The first-order valence-corrected chi connectivity index (χ1v) is 7.41. The molecule has 0 aromatic rings. The van der Waals surface area contributed by atoms with Crippen LogP contribution in [-0.2, 0) is 0 Å². The summed E-state index contributed by atoms with van der Waals surface area (Å²) in [5.74, 6) is 0.953. The van der Waals surface area contributed by atoms with E-state index in [9.17, 15) is 0 Å². The average Bonchev–Trinajstić information content (AvgIpc) is 2.40. The van der Waals surface area contributed by atoms with Crippen LogP contribution in [0.15, 0.2) is 23.3 Å². The lowest BCUT2D eigenvalue weighted by Gasteiger charge is -2.22. The molecule has 2 atom stereocenters. The fourth-order valence-electron chi connectivity index (χ4n) is 2.01. The Labute approximate surface area is 114 Å². The van der Waals surface area contributed by atoms with Crippen LogP contribution >= 0.6 is 0 Å². The fourth-order valence-corrected chi connectivity index (χ4v) is 2.01. The third-order valence-electron chi connectivity index (χ3n) is 4.05. The molecule has 0 radical (unpaired) electrons. The lowest BCUT2D eigenvalue weighted by molar-refractivity contribution is 0.467. The second-order valence-corrected chi connectivity index (χ2v) is 5.28. The van der Waals surface area contributed by atoms with Gasteiger partial charge in [0.2, 0.25) is 0 Å². The van der Waals surface area contributed by atoms with Gasteiger partial charge in [-0.25, -0.2) is 0 Å². The Morgan fingerprint density at radius 3 is 2.17 bits per heavy atom. The molecule has 0 fully saturated rings. The van der Waals surface area contributed by atoms with E-state index in [1.165, 1.54) is 11.1 Å². The van der Waals surface area contributed by atoms with Gasteiger partial charge in [0.05, 0.1) is 0 Å². The average molecular weight is 249 g/mol. The first kappa shape index (κ1) is 17.2. The Kier molecular flexibility index (Phi) is 8.70. The van der Waals surface area contributed by atoms with E-state index in [-0.39, 0.29) is 0 Å². The van der Waals surface area contributed by atoms with Crippen LogP contribution in [-0.4, -0.2) is 5.71 Å². The van der Waals surface area contributed by atoms with Gasteiger partial charge in [0, 0.05) is 11.6 Å². The standard InChI is InChI=1S/C17H31N/c1-7-10-11-12-16(14(5)9-3)17(18)15(6)13(4)8-2/h10-11,13,15,18H,7-9,12H2,1-6H3/b11-10?,16-14+,18-17?. The molecule has 0 aromatic heterocycles. The summed E-state index contributed by atoms with van der Waals surface area (Å²) >= 11 is 0. The molecule has 0 amide bonds. The maximum Gasteiger partial charge on any atom is 0.0379 e. The highest BCUT2D eigenvalue weighted by Gasteiger charge is 2.19. The van der Waals surface area contributed by atoms with E-state index in [2.05, 4.69) is 53.7 Å². The van der Waals surface area contributed by atoms with Crippen molar-refractivity contribution in [3.63, 3.8) is 0 Å². The van der Waals surface area contributed by atoms with Gasteiger partial charge in [-0.1, -0.05) is 58.8 Å². The van der Waals surface area contributed by atoms with Gasteiger partial charge in [0.1, 0.15) is 0 Å². The zero-order valence-electron chi connectivity index (χ0n) is 13.1. The van der Waals surface area contributed by atoms with E-state index in [0.29, 0.717) is 11.8 Å². The molecule has 0 aliphatic rings. The summed E-state index contributed by atoms with van der Waals surface area (Å²) in [5, 5.41) is 8.46. The van der Waals surface area contributed by atoms with E-state index in [4.69, 9.17) is 5.41 Å². The molecule has 1 N–H and O–H groups in total. The molecule has 2 unspecified atom stereocenters. The molecule has 0 bridgehead atoms. The van der Waals surface area contributed by atoms with Crippen molar-refractivity contribution < 1.29 is 0 Å². The zero-order valence-corrected chi connectivity index (χ0v) is 13.1. The van der Waals surface area contributed by atoms with Crippen LogP contribution < -0.4 is 0 Å². The van der Waals surface area contributed by atoms with Crippen LogP contribution in [0.4, 0.5) is 0 Å². The first-order valence-electron chi connectivity index (χ1n) is 7.41. The van der Waals surface area contributed by atoms with Gasteiger partial charge in [0.15, 0.2) is 0 Å². The summed E-state index contributed by atoms with van der Waals surface area (Å²) in [7, 11) is 0. The van der Waals surface area contributed by atoms with Crippen molar-refractivity contribution in [2.45, 2.75) is 67.2 Å². The largest absolute Gasteiger partial charge is 0.305 e. The summed E-state index contributed by atoms with van der Waals surface area (Å²) in [6.45, 7) is 13.2. The van der Waals surface area contributed by atoms with Crippen molar-refractivity contribution >= 4 is 5.71 Å².